The summed E-state index contributed by atoms with van der Waals surface area (Å²) in [5, 5.41) is 10.5. The van der Waals surface area contributed by atoms with E-state index < -0.39 is 5.97 Å². The number of nitrogens with zero attached hydrogens (tertiary/aromatic N) is 4. The van der Waals surface area contributed by atoms with E-state index in [1.807, 2.05) is 0 Å². The first-order chi connectivity index (χ1) is 6.77. The summed E-state index contributed by atoms with van der Waals surface area (Å²) in [4.78, 5) is 16.3. The molecule has 0 saturated heterocycles. The van der Waals surface area contributed by atoms with Crippen LogP contribution >= 0.6 is 0 Å². The molecule has 7 heteroatoms. The molecule has 0 aliphatic heterocycles. The van der Waals surface area contributed by atoms with Crippen molar-refractivity contribution in [3.63, 3.8) is 0 Å². The molecule has 2 aromatic heterocycles. The smallest absolute Gasteiger partial charge is 0.332 e. The van der Waals surface area contributed by atoms with Crippen molar-refractivity contribution >= 4 is 5.97 Å². The lowest BCUT2D eigenvalue weighted by Crippen LogP contribution is -2.18. The van der Waals surface area contributed by atoms with E-state index >= 15 is 0 Å². The second kappa shape index (κ2) is 3.29. The Morgan fingerprint density at radius 2 is 2.50 bits per heavy atom. The van der Waals surface area contributed by atoms with Crippen molar-refractivity contribution in [2.45, 2.75) is 6.92 Å². The molecule has 0 aliphatic carbocycles. The molecule has 0 atom stereocenters. The van der Waals surface area contributed by atoms with E-state index in [0.29, 0.717) is 11.4 Å². The first kappa shape index (κ1) is 8.42. The van der Waals surface area contributed by atoms with Gasteiger partial charge in [0, 0.05) is 6.92 Å². The van der Waals surface area contributed by atoms with Crippen LogP contribution in [0.5, 0.6) is 0 Å². The van der Waals surface area contributed by atoms with E-state index in [-0.39, 0.29) is 0 Å². The van der Waals surface area contributed by atoms with Gasteiger partial charge >= 0.3 is 5.97 Å². The fourth-order valence-electron chi connectivity index (χ4n) is 0.922. The van der Waals surface area contributed by atoms with E-state index in [1.165, 1.54) is 19.5 Å². The maximum Gasteiger partial charge on any atom is 0.332 e. The summed E-state index contributed by atoms with van der Waals surface area (Å²) in [5.74, 6) is -0.184. The van der Waals surface area contributed by atoms with Crippen LogP contribution in [-0.4, -0.2) is 26.3 Å². The lowest BCUT2D eigenvalue weighted by Gasteiger charge is -1.98. The highest BCUT2D eigenvalue weighted by atomic mass is 16.7. The Balaban J connectivity index is 2.35. The summed E-state index contributed by atoms with van der Waals surface area (Å²) in [6.45, 7) is 1.26. The molecule has 0 radical (unpaired) electrons. The molecule has 0 amide bonds. The minimum absolute atomic E-state index is 0.314. The number of carbonyl (C=O) groups excluding carboxylic acids is 1. The van der Waals surface area contributed by atoms with Gasteiger partial charge in [-0.2, -0.15) is 0 Å². The maximum absolute atomic E-state index is 10.7. The molecule has 2 aromatic rings. The molecule has 2 heterocycles. The van der Waals surface area contributed by atoms with Crippen LogP contribution in [0.3, 0.4) is 0 Å². The number of hydrogen-bond donors (Lipinski definition) is 0. The van der Waals surface area contributed by atoms with Gasteiger partial charge in [0.25, 0.3) is 0 Å². The third-order valence-corrected chi connectivity index (χ3v) is 1.44. The molecule has 7 nitrogen and oxygen atoms in total. The molecule has 0 N–H and O–H groups in total. The average molecular weight is 194 g/mol. The summed E-state index contributed by atoms with van der Waals surface area (Å²) in [7, 11) is 0. The molecule has 0 fully saturated rings. The van der Waals surface area contributed by atoms with Crippen LogP contribution in [0.4, 0.5) is 0 Å². The Labute approximate surface area is 78.2 Å². The van der Waals surface area contributed by atoms with Gasteiger partial charge in [-0.15, -0.1) is 5.10 Å². The van der Waals surface area contributed by atoms with Gasteiger partial charge in [-0.05, 0) is 21.3 Å². The zero-order valence-corrected chi connectivity index (χ0v) is 7.25. The maximum atomic E-state index is 10.7. The third-order valence-electron chi connectivity index (χ3n) is 1.44. The summed E-state index contributed by atoms with van der Waals surface area (Å²) < 4.78 is 4.85. The van der Waals surface area contributed by atoms with Crippen molar-refractivity contribution in [2.75, 3.05) is 0 Å². The van der Waals surface area contributed by atoms with Crippen LogP contribution < -0.4 is 4.84 Å². The fraction of sp³-hybridized carbons (Fsp3) is 0.143. The number of tetrazole rings is 1. The SMILES string of the molecule is CC(=O)On1nnnc1-c1ccoc1. The zero-order valence-electron chi connectivity index (χ0n) is 7.25. The van der Waals surface area contributed by atoms with Crippen molar-refractivity contribution in [1.82, 2.24) is 20.4 Å². The lowest BCUT2D eigenvalue weighted by atomic mass is 10.3. The molecule has 0 unspecified atom stereocenters. The molecule has 2 rings (SSSR count). The van der Waals surface area contributed by atoms with E-state index in [9.17, 15) is 4.79 Å². The Hall–Kier alpha value is -2.18. The van der Waals surface area contributed by atoms with Gasteiger partial charge in [-0.25, -0.2) is 4.79 Å². The topological polar surface area (TPSA) is 83.0 Å². The number of carbonyl (C=O) groups is 1. The molecule has 72 valence electrons. The predicted molar refractivity (Wildman–Crippen MR) is 42.8 cm³/mol. The minimum atomic E-state index is -0.498. The van der Waals surface area contributed by atoms with Crippen molar-refractivity contribution < 1.29 is 14.0 Å². The normalized spacial score (nSPS) is 10.1. The molecular weight excluding hydrogens is 188 g/mol. The lowest BCUT2D eigenvalue weighted by molar-refractivity contribution is -0.143. The van der Waals surface area contributed by atoms with Crippen LogP contribution in [0.2, 0.25) is 0 Å². The van der Waals surface area contributed by atoms with Gasteiger partial charge in [0.1, 0.15) is 6.26 Å². The standard InChI is InChI=1S/C7H6N4O3/c1-5(12)14-11-7(8-9-10-11)6-2-3-13-4-6/h2-4H,1H3. The van der Waals surface area contributed by atoms with Crippen LogP contribution in [0.1, 0.15) is 6.92 Å². The molecule has 0 bridgehead atoms. The molecule has 0 spiro atoms. The number of rotatable bonds is 2. The molecule has 0 aromatic carbocycles. The highest BCUT2D eigenvalue weighted by molar-refractivity contribution is 5.66. The molecule has 14 heavy (non-hydrogen) atoms. The Morgan fingerprint density at radius 1 is 1.64 bits per heavy atom. The van der Waals surface area contributed by atoms with Gasteiger partial charge in [-0.1, -0.05) is 0 Å². The van der Waals surface area contributed by atoms with Crippen LogP contribution in [0.25, 0.3) is 11.4 Å². The van der Waals surface area contributed by atoms with E-state index in [1.54, 1.807) is 6.07 Å². The van der Waals surface area contributed by atoms with Crippen LogP contribution in [0.15, 0.2) is 23.0 Å². The van der Waals surface area contributed by atoms with Crippen molar-refractivity contribution in [2.24, 2.45) is 0 Å². The summed E-state index contributed by atoms with van der Waals surface area (Å²) in [6.07, 6.45) is 2.92. The van der Waals surface area contributed by atoms with E-state index in [2.05, 4.69) is 15.5 Å². The van der Waals surface area contributed by atoms with Crippen molar-refractivity contribution in [1.29, 1.82) is 0 Å². The largest absolute Gasteiger partial charge is 0.472 e. The highest BCUT2D eigenvalue weighted by Crippen LogP contribution is 2.14. The van der Waals surface area contributed by atoms with Gasteiger partial charge in [0.05, 0.1) is 11.8 Å². The summed E-state index contributed by atoms with van der Waals surface area (Å²) in [6, 6.07) is 1.66. The second-order valence-electron chi connectivity index (χ2n) is 2.47. The first-order valence-corrected chi connectivity index (χ1v) is 3.77. The number of furan rings is 1. The second-order valence-corrected chi connectivity index (χ2v) is 2.47. The molecular formula is C7H6N4O3. The van der Waals surface area contributed by atoms with E-state index in [4.69, 9.17) is 9.25 Å². The van der Waals surface area contributed by atoms with E-state index in [0.717, 1.165) is 4.85 Å². The van der Waals surface area contributed by atoms with Gasteiger partial charge in [0.2, 0.25) is 5.82 Å². The zero-order chi connectivity index (χ0) is 9.97. The Morgan fingerprint density at radius 3 is 3.14 bits per heavy atom. The monoisotopic (exact) mass is 194 g/mol. The molecule has 0 aliphatic rings. The van der Waals surface area contributed by atoms with Gasteiger partial charge in [0.15, 0.2) is 0 Å². The third kappa shape index (κ3) is 1.47. The summed E-state index contributed by atoms with van der Waals surface area (Å²) >= 11 is 0. The van der Waals surface area contributed by atoms with Crippen molar-refractivity contribution in [3.8, 4) is 11.4 Å². The fourth-order valence-corrected chi connectivity index (χ4v) is 0.922. The highest BCUT2D eigenvalue weighted by Gasteiger charge is 2.12. The summed E-state index contributed by atoms with van der Waals surface area (Å²) in [5.41, 5.74) is 0.635. The molecule has 0 saturated carbocycles. The Bertz CT molecular complexity index is 433. The van der Waals surface area contributed by atoms with Crippen LogP contribution in [0, 0.1) is 0 Å². The Kier molecular flexibility index (Phi) is 1.98. The van der Waals surface area contributed by atoms with Gasteiger partial charge < -0.3 is 9.25 Å². The van der Waals surface area contributed by atoms with Gasteiger partial charge in [-0.3, -0.25) is 0 Å². The number of hydrogen-bond acceptors (Lipinski definition) is 6. The quantitative estimate of drug-likeness (QED) is 0.621. The van der Waals surface area contributed by atoms with Crippen LogP contribution in [-0.2, 0) is 4.79 Å². The predicted octanol–water partition coefficient (Wildman–Crippen LogP) is -0.0918. The first-order valence-electron chi connectivity index (χ1n) is 3.77. The number of aromatic nitrogens is 4. The average Bonchev–Trinajstić information content (AvgIpc) is 2.70. The minimum Gasteiger partial charge on any atom is -0.472 e. The van der Waals surface area contributed by atoms with Crippen molar-refractivity contribution in [3.05, 3.63) is 18.6 Å².